The van der Waals surface area contributed by atoms with Crippen molar-refractivity contribution in [1.29, 1.82) is 0 Å². The van der Waals surface area contributed by atoms with E-state index in [4.69, 9.17) is 17.3 Å². The van der Waals surface area contributed by atoms with Gasteiger partial charge in [-0.3, -0.25) is 0 Å². The monoisotopic (exact) mass is 196 g/mol. The zero-order chi connectivity index (χ0) is 9.26. The maximum atomic E-state index is 5.91. The molecule has 1 saturated heterocycles. The van der Waals surface area contributed by atoms with Gasteiger partial charge in [-0.2, -0.15) is 0 Å². The smallest absolute Gasteiger partial charge is 0.0410 e. The van der Waals surface area contributed by atoms with E-state index in [1.165, 1.54) is 6.42 Å². The molecule has 1 aromatic rings. The van der Waals surface area contributed by atoms with Crippen molar-refractivity contribution in [3.05, 3.63) is 28.8 Å². The van der Waals surface area contributed by atoms with Gasteiger partial charge in [0.2, 0.25) is 0 Å². The van der Waals surface area contributed by atoms with E-state index in [9.17, 15) is 0 Å². The topological polar surface area (TPSA) is 38.0 Å². The van der Waals surface area contributed by atoms with Crippen molar-refractivity contribution in [3.63, 3.8) is 0 Å². The lowest BCUT2D eigenvalue weighted by Crippen LogP contribution is -2.14. The maximum Gasteiger partial charge on any atom is 0.0410 e. The molecule has 0 spiro atoms. The molecule has 0 radical (unpaired) electrons. The number of hydrogen-bond acceptors (Lipinski definition) is 2. The largest absolute Gasteiger partial charge is 0.398 e. The fourth-order valence-corrected chi connectivity index (χ4v) is 1.98. The van der Waals surface area contributed by atoms with Gasteiger partial charge in [0.25, 0.3) is 0 Å². The summed E-state index contributed by atoms with van der Waals surface area (Å²) in [6, 6.07) is 6.06. The summed E-state index contributed by atoms with van der Waals surface area (Å²) in [4.78, 5) is 0. The average molecular weight is 197 g/mol. The van der Waals surface area contributed by atoms with E-state index in [0.29, 0.717) is 6.04 Å². The molecule has 0 saturated carbocycles. The van der Waals surface area contributed by atoms with Crippen LogP contribution >= 0.6 is 11.6 Å². The molecule has 1 aliphatic heterocycles. The molecule has 1 heterocycles. The van der Waals surface area contributed by atoms with Gasteiger partial charge in [0.05, 0.1) is 0 Å². The molecule has 2 nitrogen and oxygen atoms in total. The van der Waals surface area contributed by atoms with Crippen LogP contribution < -0.4 is 11.1 Å². The Balaban J connectivity index is 2.32. The maximum absolute atomic E-state index is 5.91. The summed E-state index contributed by atoms with van der Waals surface area (Å²) >= 11 is 5.91. The Morgan fingerprint density at radius 2 is 2.31 bits per heavy atom. The first-order valence-electron chi connectivity index (χ1n) is 4.55. The summed E-state index contributed by atoms with van der Waals surface area (Å²) in [5.41, 5.74) is 7.85. The van der Waals surface area contributed by atoms with Crippen LogP contribution in [0.3, 0.4) is 0 Å². The van der Waals surface area contributed by atoms with Crippen LogP contribution in [0.4, 0.5) is 5.69 Å². The molecule has 0 bridgehead atoms. The zero-order valence-electron chi connectivity index (χ0n) is 7.39. The second kappa shape index (κ2) is 3.56. The van der Waals surface area contributed by atoms with Crippen LogP contribution in [-0.2, 0) is 0 Å². The van der Waals surface area contributed by atoms with Gasteiger partial charge in [-0.05, 0) is 43.1 Å². The Hall–Kier alpha value is -0.730. The number of nitrogens with two attached hydrogens (primary N) is 1. The Kier molecular flexibility index (Phi) is 2.42. The number of rotatable bonds is 1. The van der Waals surface area contributed by atoms with Gasteiger partial charge in [0, 0.05) is 16.8 Å². The molecule has 0 amide bonds. The van der Waals surface area contributed by atoms with E-state index in [1.54, 1.807) is 0 Å². The summed E-state index contributed by atoms with van der Waals surface area (Å²) in [5, 5.41) is 4.16. The number of anilines is 1. The molecule has 1 unspecified atom stereocenters. The molecule has 1 atom stereocenters. The highest BCUT2D eigenvalue weighted by Gasteiger charge is 2.18. The minimum absolute atomic E-state index is 0.402. The summed E-state index contributed by atoms with van der Waals surface area (Å²) in [6.07, 6.45) is 2.38. The van der Waals surface area contributed by atoms with Gasteiger partial charge in [0.1, 0.15) is 0 Å². The lowest BCUT2D eigenvalue weighted by Gasteiger charge is -2.13. The lowest BCUT2D eigenvalue weighted by molar-refractivity contribution is 0.650. The molecule has 0 aliphatic carbocycles. The molecule has 70 valence electrons. The minimum atomic E-state index is 0.402. The first kappa shape index (κ1) is 8.85. The quantitative estimate of drug-likeness (QED) is 0.677. The van der Waals surface area contributed by atoms with Crippen molar-refractivity contribution in [2.24, 2.45) is 0 Å². The van der Waals surface area contributed by atoms with Gasteiger partial charge in [-0.25, -0.2) is 0 Å². The highest BCUT2D eigenvalue weighted by atomic mass is 35.5. The van der Waals surface area contributed by atoms with E-state index in [-0.39, 0.29) is 0 Å². The predicted octanol–water partition coefficient (Wildman–Crippen LogP) is 2.35. The third-order valence-corrected chi connectivity index (χ3v) is 2.72. The number of halogens is 1. The fourth-order valence-electron chi connectivity index (χ4n) is 1.80. The Morgan fingerprint density at radius 1 is 1.46 bits per heavy atom. The van der Waals surface area contributed by atoms with E-state index >= 15 is 0 Å². The Labute approximate surface area is 83.1 Å². The number of benzene rings is 1. The molecule has 0 aromatic heterocycles. The van der Waals surface area contributed by atoms with Crippen LogP contribution in [-0.4, -0.2) is 6.54 Å². The second-order valence-corrected chi connectivity index (χ2v) is 3.86. The molecule has 1 aromatic carbocycles. The highest BCUT2D eigenvalue weighted by Crippen LogP contribution is 2.29. The van der Waals surface area contributed by atoms with Crippen LogP contribution in [0.1, 0.15) is 24.4 Å². The van der Waals surface area contributed by atoms with Crippen molar-refractivity contribution >= 4 is 17.3 Å². The fraction of sp³-hybridized carbons (Fsp3) is 0.400. The van der Waals surface area contributed by atoms with E-state index < -0.39 is 0 Å². The molecular formula is C10H13ClN2. The summed E-state index contributed by atoms with van der Waals surface area (Å²) < 4.78 is 0. The second-order valence-electron chi connectivity index (χ2n) is 3.42. The first-order chi connectivity index (χ1) is 6.27. The average Bonchev–Trinajstić information content (AvgIpc) is 2.61. The normalized spacial score (nSPS) is 22.1. The van der Waals surface area contributed by atoms with Gasteiger partial charge >= 0.3 is 0 Å². The summed E-state index contributed by atoms with van der Waals surface area (Å²) in [5.74, 6) is 0. The molecule has 3 N–H and O–H groups in total. The van der Waals surface area contributed by atoms with Crippen molar-refractivity contribution in [2.45, 2.75) is 18.9 Å². The van der Waals surface area contributed by atoms with Crippen LogP contribution in [0.2, 0.25) is 5.02 Å². The highest BCUT2D eigenvalue weighted by molar-refractivity contribution is 6.30. The lowest BCUT2D eigenvalue weighted by atomic mass is 10.0. The van der Waals surface area contributed by atoms with Gasteiger partial charge < -0.3 is 11.1 Å². The van der Waals surface area contributed by atoms with Crippen molar-refractivity contribution < 1.29 is 0 Å². The van der Waals surface area contributed by atoms with Crippen LogP contribution in [0, 0.1) is 0 Å². The van der Waals surface area contributed by atoms with E-state index in [2.05, 4.69) is 5.32 Å². The standard InChI is InChI=1S/C10H13ClN2/c11-7-3-4-9(12)8(6-7)10-2-1-5-13-10/h3-4,6,10,13H,1-2,5,12H2. The van der Waals surface area contributed by atoms with Crippen molar-refractivity contribution in [3.8, 4) is 0 Å². The summed E-state index contributed by atoms with van der Waals surface area (Å²) in [6.45, 7) is 1.08. The van der Waals surface area contributed by atoms with Gasteiger partial charge in [-0.1, -0.05) is 11.6 Å². The Morgan fingerprint density at radius 3 is 3.00 bits per heavy atom. The zero-order valence-corrected chi connectivity index (χ0v) is 8.14. The third kappa shape index (κ3) is 1.79. The van der Waals surface area contributed by atoms with Crippen LogP contribution in [0.25, 0.3) is 0 Å². The van der Waals surface area contributed by atoms with E-state index in [1.807, 2.05) is 18.2 Å². The molecule has 3 heteroatoms. The van der Waals surface area contributed by atoms with Gasteiger partial charge in [-0.15, -0.1) is 0 Å². The van der Waals surface area contributed by atoms with Crippen LogP contribution in [0.15, 0.2) is 18.2 Å². The first-order valence-corrected chi connectivity index (χ1v) is 4.93. The molecule has 1 aliphatic rings. The SMILES string of the molecule is Nc1ccc(Cl)cc1C1CCCN1. The third-order valence-electron chi connectivity index (χ3n) is 2.48. The van der Waals surface area contributed by atoms with Gasteiger partial charge in [0.15, 0.2) is 0 Å². The number of hydrogen-bond donors (Lipinski definition) is 2. The van der Waals surface area contributed by atoms with Crippen molar-refractivity contribution in [2.75, 3.05) is 12.3 Å². The molecule has 1 fully saturated rings. The Bertz CT molecular complexity index is 306. The number of nitrogen functional groups attached to an aromatic ring is 1. The molecule has 13 heavy (non-hydrogen) atoms. The molecular weight excluding hydrogens is 184 g/mol. The van der Waals surface area contributed by atoms with Crippen molar-refractivity contribution in [1.82, 2.24) is 5.32 Å². The van der Waals surface area contributed by atoms with Crippen LogP contribution in [0.5, 0.6) is 0 Å². The molecule has 2 rings (SSSR count). The summed E-state index contributed by atoms with van der Waals surface area (Å²) in [7, 11) is 0. The minimum Gasteiger partial charge on any atom is -0.398 e. The van der Waals surface area contributed by atoms with E-state index in [0.717, 1.165) is 29.2 Å². The number of nitrogens with one attached hydrogen (secondary N) is 1. The predicted molar refractivity (Wildman–Crippen MR) is 55.8 cm³/mol.